The molecule has 70 valence electrons. The Morgan fingerprint density at radius 3 is 1.92 bits per heavy atom. The maximum Gasteiger partial charge on any atom is 0.392 e. The SMILES string of the molecule is C/C(=C\O)CC(F)(F)F.O=C=O. The smallest absolute Gasteiger partial charge is 0.392 e. The van der Waals surface area contributed by atoms with Gasteiger partial charge >= 0.3 is 12.3 Å². The number of aliphatic hydroxyl groups is 1. The van der Waals surface area contributed by atoms with Gasteiger partial charge in [-0.15, -0.1) is 0 Å². The van der Waals surface area contributed by atoms with Gasteiger partial charge in [0.15, 0.2) is 0 Å². The molecule has 0 heterocycles. The van der Waals surface area contributed by atoms with Crippen LogP contribution in [0, 0.1) is 0 Å². The predicted octanol–water partition coefficient (Wildman–Crippen LogP) is 1.82. The molecule has 0 saturated heterocycles. The van der Waals surface area contributed by atoms with Crippen LogP contribution >= 0.6 is 0 Å². The van der Waals surface area contributed by atoms with Gasteiger partial charge in [0, 0.05) is 0 Å². The summed E-state index contributed by atoms with van der Waals surface area (Å²) in [5.74, 6) is 0. The average Bonchev–Trinajstić information content (AvgIpc) is 1.86. The van der Waals surface area contributed by atoms with Crippen LogP contribution in [0.2, 0.25) is 0 Å². The second-order valence-corrected chi connectivity index (χ2v) is 1.85. The van der Waals surface area contributed by atoms with Crippen molar-refractivity contribution >= 4 is 6.15 Å². The van der Waals surface area contributed by atoms with Crippen molar-refractivity contribution in [3.63, 3.8) is 0 Å². The minimum atomic E-state index is -4.21. The molecule has 0 rings (SSSR count). The molecule has 0 aromatic heterocycles. The van der Waals surface area contributed by atoms with Crippen LogP contribution < -0.4 is 0 Å². The molecule has 0 spiro atoms. The first-order valence-corrected chi connectivity index (χ1v) is 2.73. The lowest BCUT2D eigenvalue weighted by Gasteiger charge is -2.03. The maximum atomic E-state index is 11.3. The zero-order valence-electron chi connectivity index (χ0n) is 6.18. The molecule has 0 aliphatic heterocycles. The molecule has 3 nitrogen and oxygen atoms in total. The number of aliphatic hydroxyl groups excluding tert-OH is 1. The highest BCUT2D eigenvalue weighted by molar-refractivity contribution is 5.20. The lowest BCUT2D eigenvalue weighted by molar-refractivity contribution is -0.191. The summed E-state index contributed by atoms with van der Waals surface area (Å²) in [5.41, 5.74) is -0.0810. The van der Waals surface area contributed by atoms with E-state index in [0.717, 1.165) is 0 Å². The van der Waals surface area contributed by atoms with Crippen LogP contribution in [0.3, 0.4) is 0 Å². The van der Waals surface area contributed by atoms with E-state index in [1.54, 1.807) is 0 Å². The van der Waals surface area contributed by atoms with Crippen molar-refractivity contribution in [1.82, 2.24) is 0 Å². The van der Waals surface area contributed by atoms with Crippen molar-refractivity contribution < 1.29 is 27.9 Å². The van der Waals surface area contributed by atoms with E-state index >= 15 is 0 Å². The fraction of sp³-hybridized carbons (Fsp3) is 0.500. The van der Waals surface area contributed by atoms with Gasteiger partial charge in [0.05, 0.1) is 12.7 Å². The molecule has 0 bridgehead atoms. The summed E-state index contributed by atoms with van der Waals surface area (Å²) in [4.78, 5) is 16.2. The Bertz CT molecular complexity index is 177. The second kappa shape index (κ2) is 6.42. The van der Waals surface area contributed by atoms with E-state index in [1.807, 2.05) is 0 Å². The van der Waals surface area contributed by atoms with Crippen molar-refractivity contribution in [2.24, 2.45) is 0 Å². The van der Waals surface area contributed by atoms with Gasteiger partial charge in [-0.3, -0.25) is 0 Å². The number of hydrogen-bond acceptors (Lipinski definition) is 3. The summed E-state index contributed by atoms with van der Waals surface area (Å²) in [6, 6.07) is 0. The van der Waals surface area contributed by atoms with Gasteiger partial charge in [-0.2, -0.15) is 22.8 Å². The van der Waals surface area contributed by atoms with Crippen LogP contribution in [-0.2, 0) is 9.59 Å². The van der Waals surface area contributed by atoms with Crippen LogP contribution in [-0.4, -0.2) is 17.4 Å². The normalized spacial score (nSPS) is 11.2. The first-order valence-electron chi connectivity index (χ1n) is 2.73. The monoisotopic (exact) mass is 184 g/mol. The van der Waals surface area contributed by atoms with E-state index in [4.69, 9.17) is 14.7 Å². The molecule has 1 N–H and O–H groups in total. The van der Waals surface area contributed by atoms with Crippen LogP contribution in [0.25, 0.3) is 0 Å². The van der Waals surface area contributed by atoms with Crippen LogP contribution in [0.15, 0.2) is 11.8 Å². The lowest BCUT2D eigenvalue weighted by atomic mass is 10.2. The number of alkyl halides is 3. The zero-order chi connectivity index (χ0) is 10.2. The Morgan fingerprint density at radius 1 is 1.50 bits per heavy atom. The van der Waals surface area contributed by atoms with E-state index in [1.165, 1.54) is 6.92 Å². The summed E-state index contributed by atoms with van der Waals surface area (Å²) in [6.45, 7) is 1.22. The summed E-state index contributed by atoms with van der Waals surface area (Å²) >= 11 is 0. The van der Waals surface area contributed by atoms with Crippen molar-refractivity contribution in [3.05, 3.63) is 11.8 Å². The number of halogens is 3. The Labute approximate surface area is 66.5 Å². The van der Waals surface area contributed by atoms with Crippen molar-refractivity contribution in [2.75, 3.05) is 0 Å². The molecule has 12 heavy (non-hydrogen) atoms. The lowest BCUT2D eigenvalue weighted by Crippen LogP contribution is -2.06. The molecular weight excluding hydrogens is 177 g/mol. The topological polar surface area (TPSA) is 54.4 Å². The fourth-order valence-corrected chi connectivity index (χ4v) is 0.362. The molecule has 0 aromatic rings. The Morgan fingerprint density at radius 2 is 1.83 bits per heavy atom. The standard InChI is InChI=1S/C5H7F3O.CO2/c1-4(3-9)2-5(6,7)8;2-1-3/h3,9H,2H2,1H3;/b4-3+;. The molecule has 0 radical (unpaired) electrons. The van der Waals surface area contributed by atoms with Crippen molar-refractivity contribution in [3.8, 4) is 0 Å². The van der Waals surface area contributed by atoms with Gasteiger partial charge in [-0.25, -0.2) is 0 Å². The van der Waals surface area contributed by atoms with Crippen LogP contribution in [0.1, 0.15) is 13.3 Å². The molecule has 0 fully saturated rings. The maximum absolute atomic E-state index is 11.3. The first kappa shape index (κ1) is 13.3. The van der Waals surface area contributed by atoms with Crippen molar-refractivity contribution in [2.45, 2.75) is 19.5 Å². The van der Waals surface area contributed by atoms with Crippen LogP contribution in [0.5, 0.6) is 0 Å². The third kappa shape index (κ3) is 15.9. The van der Waals surface area contributed by atoms with Gasteiger partial charge < -0.3 is 5.11 Å². The number of allylic oxidation sites excluding steroid dienone is 1. The van der Waals surface area contributed by atoms with Gasteiger partial charge in [-0.1, -0.05) is 0 Å². The predicted molar refractivity (Wildman–Crippen MR) is 32.1 cm³/mol. The quantitative estimate of drug-likeness (QED) is 0.632. The van der Waals surface area contributed by atoms with Crippen LogP contribution in [0.4, 0.5) is 13.2 Å². The summed E-state index contributed by atoms with van der Waals surface area (Å²) in [6.07, 6.45) is -4.53. The Hall–Kier alpha value is -1.29. The summed E-state index contributed by atoms with van der Waals surface area (Å²) in [7, 11) is 0. The average molecular weight is 184 g/mol. The summed E-state index contributed by atoms with van der Waals surface area (Å²) < 4.78 is 34.0. The van der Waals surface area contributed by atoms with Gasteiger partial charge in [0.1, 0.15) is 0 Å². The molecule has 0 aliphatic rings. The first-order chi connectivity index (χ1) is 5.37. The van der Waals surface area contributed by atoms with E-state index in [-0.39, 0.29) is 11.7 Å². The Balaban J connectivity index is 0. The number of carbonyl (C=O) groups excluding carboxylic acids is 2. The highest BCUT2D eigenvalue weighted by atomic mass is 19.4. The number of rotatable bonds is 1. The third-order valence-corrected chi connectivity index (χ3v) is 0.700. The minimum absolute atomic E-state index is 0.0810. The highest BCUT2D eigenvalue weighted by Crippen LogP contribution is 2.23. The molecule has 0 atom stereocenters. The minimum Gasteiger partial charge on any atom is -0.516 e. The highest BCUT2D eigenvalue weighted by Gasteiger charge is 2.27. The molecule has 0 saturated carbocycles. The third-order valence-electron chi connectivity index (χ3n) is 0.700. The molecule has 6 heteroatoms. The van der Waals surface area contributed by atoms with Crippen molar-refractivity contribution in [1.29, 1.82) is 0 Å². The molecular formula is C6H7F3O3. The van der Waals surface area contributed by atoms with Gasteiger partial charge in [0.25, 0.3) is 0 Å². The Kier molecular flexibility index (Phi) is 7.12. The zero-order valence-corrected chi connectivity index (χ0v) is 6.18. The summed E-state index contributed by atoms with van der Waals surface area (Å²) in [5, 5.41) is 8.04. The van der Waals surface area contributed by atoms with E-state index in [2.05, 4.69) is 0 Å². The van der Waals surface area contributed by atoms with E-state index < -0.39 is 12.6 Å². The van der Waals surface area contributed by atoms with E-state index in [0.29, 0.717) is 6.26 Å². The van der Waals surface area contributed by atoms with Gasteiger partial charge in [-0.05, 0) is 12.5 Å². The number of hydrogen-bond donors (Lipinski definition) is 1. The largest absolute Gasteiger partial charge is 0.516 e. The van der Waals surface area contributed by atoms with Gasteiger partial charge in [0.2, 0.25) is 0 Å². The molecule has 0 aromatic carbocycles. The molecule has 0 unspecified atom stereocenters. The van der Waals surface area contributed by atoms with E-state index in [9.17, 15) is 13.2 Å². The molecule has 0 aliphatic carbocycles. The fourth-order valence-electron chi connectivity index (χ4n) is 0.362. The second-order valence-electron chi connectivity index (χ2n) is 1.85. The molecule has 0 amide bonds.